The molecule has 0 aromatic heterocycles. The summed E-state index contributed by atoms with van der Waals surface area (Å²) in [4.78, 5) is 27.6. The van der Waals surface area contributed by atoms with E-state index < -0.39 is 6.04 Å². The molecule has 2 amide bonds. The Balaban J connectivity index is 1.58. The lowest BCUT2D eigenvalue weighted by atomic mass is 10.1. The molecule has 1 aliphatic rings. The first-order chi connectivity index (χ1) is 13.6. The van der Waals surface area contributed by atoms with Gasteiger partial charge < -0.3 is 5.32 Å². The predicted molar refractivity (Wildman–Crippen MR) is 105 cm³/mol. The summed E-state index contributed by atoms with van der Waals surface area (Å²) in [5, 5.41) is 2.84. The number of halogens is 1. The van der Waals surface area contributed by atoms with Gasteiger partial charge in [0.05, 0.1) is 0 Å². The first kappa shape index (κ1) is 17.9. The fraction of sp³-hybridized carbons (Fsp3) is 0.130. The van der Waals surface area contributed by atoms with Gasteiger partial charge in [-0.15, -0.1) is 0 Å². The lowest BCUT2D eigenvalue weighted by Gasteiger charge is -2.25. The van der Waals surface area contributed by atoms with Crippen molar-refractivity contribution in [2.45, 2.75) is 19.0 Å². The molecule has 1 N–H and O–H groups in total. The van der Waals surface area contributed by atoms with Gasteiger partial charge in [0.15, 0.2) is 0 Å². The van der Waals surface area contributed by atoms with Crippen LogP contribution in [0.5, 0.6) is 0 Å². The standard InChI is InChI=1S/C23H19FN2O2/c24-19-11-6-7-16(13-19)15-25-22(27)21-14-18-10-4-5-12-20(18)26(21)23(28)17-8-2-1-3-9-17/h1-13,21H,14-15H2,(H,25,27). The molecule has 0 bridgehead atoms. The Kier molecular flexibility index (Phi) is 4.89. The Bertz CT molecular complexity index is 1020. The third-order valence-corrected chi connectivity index (χ3v) is 4.87. The molecule has 3 aromatic carbocycles. The number of amides is 2. The van der Waals surface area contributed by atoms with Crippen LogP contribution >= 0.6 is 0 Å². The summed E-state index contributed by atoms with van der Waals surface area (Å²) in [6.07, 6.45) is 0.448. The van der Waals surface area contributed by atoms with Crippen LogP contribution in [0.25, 0.3) is 0 Å². The molecule has 0 saturated carbocycles. The van der Waals surface area contributed by atoms with Gasteiger partial charge in [0.25, 0.3) is 5.91 Å². The SMILES string of the molecule is O=C(NCc1cccc(F)c1)C1Cc2ccccc2N1C(=O)c1ccccc1. The van der Waals surface area contributed by atoms with Crippen molar-refractivity contribution in [2.75, 3.05) is 4.90 Å². The van der Waals surface area contributed by atoms with Crippen LogP contribution in [-0.2, 0) is 17.8 Å². The van der Waals surface area contributed by atoms with Gasteiger partial charge >= 0.3 is 0 Å². The number of carbonyl (C=O) groups is 2. The number of para-hydroxylation sites is 1. The fourth-order valence-corrected chi connectivity index (χ4v) is 3.52. The zero-order valence-electron chi connectivity index (χ0n) is 15.1. The molecule has 3 aromatic rings. The lowest BCUT2D eigenvalue weighted by Crippen LogP contribution is -2.48. The highest BCUT2D eigenvalue weighted by molar-refractivity contribution is 6.11. The van der Waals surface area contributed by atoms with Gasteiger partial charge in [0.1, 0.15) is 11.9 Å². The van der Waals surface area contributed by atoms with Crippen molar-refractivity contribution in [3.63, 3.8) is 0 Å². The average Bonchev–Trinajstić information content (AvgIpc) is 3.12. The second-order valence-electron chi connectivity index (χ2n) is 6.74. The van der Waals surface area contributed by atoms with Crippen molar-refractivity contribution in [2.24, 2.45) is 0 Å². The Morgan fingerprint density at radius 3 is 2.50 bits per heavy atom. The second-order valence-corrected chi connectivity index (χ2v) is 6.74. The Labute approximate surface area is 162 Å². The van der Waals surface area contributed by atoms with E-state index >= 15 is 0 Å². The van der Waals surface area contributed by atoms with E-state index in [9.17, 15) is 14.0 Å². The number of anilines is 1. The molecule has 0 radical (unpaired) electrons. The highest BCUT2D eigenvalue weighted by Crippen LogP contribution is 2.33. The number of hydrogen-bond donors (Lipinski definition) is 1. The molecule has 1 aliphatic heterocycles. The Morgan fingerprint density at radius 2 is 1.71 bits per heavy atom. The van der Waals surface area contributed by atoms with Crippen LogP contribution in [0.3, 0.4) is 0 Å². The van der Waals surface area contributed by atoms with Crippen LogP contribution in [0, 0.1) is 5.82 Å². The normalized spacial score (nSPS) is 15.2. The Morgan fingerprint density at radius 1 is 0.964 bits per heavy atom. The summed E-state index contributed by atoms with van der Waals surface area (Å²) in [6.45, 7) is 0.205. The van der Waals surface area contributed by atoms with E-state index in [1.54, 1.807) is 41.3 Å². The van der Waals surface area contributed by atoms with Crippen LogP contribution < -0.4 is 10.2 Å². The molecule has 140 valence electrons. The maximum absolute atomic E-state index is 13.4. The molecule has 4 rings (SSSR count). The zero-order valence-corrected chi connectivity index (χ0v) is 15.1. The number of rotatable bonds is 4. The van der Waals surface area contributed by atoms with Gasteiger partial charge in [-0.05, 0) is 41.5 Å². The summed E-state index contributed by atoms with van der Waals surface area (Å²) in [7, 11) is 0. The highest BCUT2D eigenvalue weighted by atomic mass is 19.1. The van der Waals surface area contributed by atoms with E-state index in [0.29, 0.717) is 17.5 Å². The van der Waals surface area contributed by atoms with E-state index in [1.807, 2.05) is 30.3 Å². The third kappa shape index (κ3) is 3.51. The lowest BCUT2D eigenvalue weighted by molar-refractivity contribution is -0.122. The first-order valence-corrected chi connectivity index (χ1v) is 9.12. The molecule has 0 fully saturated rings. The smallest absolute Gasteiger partial charge is 0.259 e. The van der Waals surface area contributed by atoms with Crippen LogP contribution in [0.2, 0.25) is 0 Å². The van der Waals surface area contributed by atoms with Crippen molar-refractivity contribution in [3.05, 3.63) is 101 Å². The molecule has 0 aliphatic carbocycles. The number of carbonyl (C=O) groups excluding carboxylic acids is 2. The summed E-state index contributed by atoms with van der Waals surface area (Å²) in [6, 6.07) is 21.9. The summed E-state index contributed by atoms with van der Waals surface area (Å²) in [5.74, 6) is -0.817. The molecular weight excluding hydrogens is 355 g/mol. The van der Waals surface area contributed by atoms with Gasteiger partial charge in [0, 0.05) is 24.2 Å². The molecular formula is C23H19FN2O2. The second kappa shape index (κ2) is 7.64. The van der Waals surface area contributed by atoms with Crippen molar-refractivity contribution in [1.82, 2.24) is 5.32 Å². The van der Waals surface area contributed by atoms with Crippen LogP contribution in [0.4, 0.5) is 10.1 Å². The zero-order chi connectivity index (χ0) is 19.5. The minimum atomic E-state index is -0.640. The summed E-state index contributed by atoms with van der Waals surface area (Å²) in [5.41, 5.74) is 2.91. The molecule has 0 spiro atoms. The maximum Gasteiger partial charge on any atom is 0.259 e. The van der Waals surface area contributed by atoms with E-state index in [-0.39, 0.29) is 24.2 Å². The van der Waals surface area contributed by atoms with Gasteiger partial charge in [0.2, 0.25) is 5.91 Å². The average molecular weight is 374 g/mol. The molecule has 4 nitrogen and oxygen atoms in total. The van der Waals surface area contributed by atoms with Crippen molar-refractivity contribution in [3.8, 4) is 0 Å². The summed E-state index contributed by atoms with van der Waals surface area (Å²) < 4.78 is 13.4. The van der Waals surface area contributed by atoms with E-state index in [1.165, 1.54) is 12.1 Å². The largest absolute Gasteiger partial charge is 0.350 e. The molecule has 1 heterocycles. The fourth-order valence-electron chi connectivity index (χ4n) is 3.52. The minimum Gasteiger partial charge on any atom is -0.350 e. The van der Waals surface area contributed by atoms with Crippen molar-refractivity contribution in [1.29, 1.82) is 0 Å². The van der Waals surface area contributed by atoms with Crippen LogP contribution in [-0.4, -0.2) is 17.9 Å². The summed E-state index contributed by atoms with van der Waals surface area (Å²) >= 11 is 0. The van der Waals surface area contributed by atoms with Crippen molar-refractivity contribution >= 4 is 17.5 Å². The number of nitrogens with one attached hydrogen (secondary N) is 1. The third-order valence-electron chi connectivity index (χ3n) is 4.87. The topological polar surface area (TPSA) is 49.4 Å². The quantitative estimate of drug-likeness (QED) is 0.757. The number of hydrogen-bond acceptors (Lipinski definition) is 2. The van der Waals surface area contributed by atoms with Crippen LogP contribution in [0.1, 0.15) is 21.5 Å². The van der Waals surface area contributed by atoms with Gasteiger partial charge in [-0.2, -0.15) is 0 Å². The van der Waals surface area contributed by atoms with E-state index in [4.69, 9.17) is 0 Å². The van der Waals surface area contributed by atoms with Gasteiger partial charge in [-0.25, -0.2) is 4.39 Å². The Hall–Kier alpha value is -3.47. The van der Waals surface area contributed by atoms with Gasteiger partial charge in [-0.3, -0.25) is 14.5 Å². The van der Waals surface area contributed by atoms with Gasteiger partial charge in [-0.1, -0.05) is 48.5 Å². The highest BCUT2D eigenvalue weighted by Gasteiger charge is 2.38. The number of benzene rings is 3. The van der Waals surface area contributed by atoms with Crippen LogP contribution in [0.15, 0.2) is 78.9 Å². The molecule has 5 heteroatoms. The maximum atomic E-state index is 13.4. The molecule has 28 heavy (non-hydrogen) atoms. The van der Waals surface area contributed by atoms with E-state index in [2.05, 4.69) is 5.32 Å². The molecule has 1 unspecified atom stereocenters. The predicted octanol–water partition coefficient (Wildman–Crippen LogP) is 3.71. The monoisotopic (exact) mass is 374 g/mol. The number of nitrogens with zero attached hydrogens (tertiary/aromatic N) is 1. The molecule has 0 saturated heterocycles. The minimum absolute atomic E-state index is 0.205. The van der Waals surface area contributed by atoms with Crippen molar-refractivity contribution < 1.29 is 14.0 Å². The van der Waals surface area contributed by atoms with E-state index in [0.717, 1.165) is 11.3 Å². The number of fused-ring (bicyclic) bond motifs is 1. The first-order valence-electron chi connectivity index (χ1n) is 9.12. The molecule has 1 atom stereocenters.